The van der Waals surface area contributed by atoms with Crippen molar-refractivity contribution in [3.05, 3.63) is 29.8 Å². The summed E-state index contributed by atoms with van der Waals surface area (Å²) in [5.41, 5.74) is 0.565. The van der Waals surface area contributed by atoms with Gasteiger partial charge >= 0.3 is 0 Å². The molecule has 1 amide bonds. The Balaban J connectivity index is 1.92. The van der Waals surface area contributed by atoms with Crippen molar-refractivity contribution in [1.29, 1.82) is 0 Å². The molecule has 1 aliphatic carbocycles. The van der Waals surface area contributed by atoms with Crippen LogP contribution >= 0.6 is 0 Å². The van der Waals surface area contributed by atoms with Crippen LogP contribution in [0.15, 0.2) is 24.3 Å². The van der Waals surface area contributed by atoms with Crippen molar-refractivity contribution in [2.24, 2.45) is 5.92 Å². The number of hydrogen-bond acceptors (Lipinski definition) is 4. The third-order valence-electron chi connectivity index (χ3n) is 3.65. The molecule has 20 heavy (non-hydrogen) atoms. The van der Waals surface area contributed by atoms with E-state index in [0.29, 0.717) is 25.0 Å². The van der Waals surface area contributed by atoms with Crippen LogP contribution in [0.1, 0.15) is 30.1 Å². The van der Waals surface area contributed by atoms with Gasteiger partial charge in [0.05, 0.1) is 12.7 Å². The second-order valence-corrected chi connectivity index (χ2v) is 5.11. The zero-order chi connectivity index (χ0) is 14.5. The first-order valence-electron chi connectivity index (χ1n) is 6.96. The van der Waals surface area contributed by atoms with Gasteiger partial charge in [0.2, 0.25) is 0 Å². The van der Waals surface area contributed by atoms with Crippen molar-refractivity contribution in [3.63, 3.8) is 0 Å². The number of aliphatic hydroxyl groups is 2. The van der Waals surface area contributed by atoms with Crippen LogP contribution in [-0.2, 0) is 0 Å². The van der Waals surface area contributed by atoms with Gasteiger partial charge in [-0.05, 0) is 44.0 Å². The highest BCUT2D eigenvalue weighted by Gasteiger charge is 2.33. The van der Waals surface area contributed by atoms with Crippen LogP contribution in [0.25, 0.3) is 0 Å². The quantitative estimate of drug-likeness (QED) is 0.749. The Hall–Kier alpha value is -1.59. The summed E-state index contributed by atoms with van der Waals surface area (Å²) in [4.78, 5) is 12.1. The first-order valence-corrected chi connectivity index (χ1v) is 6.96. The molecule has 0 aromatic heterocycles. The molecule has 0 spiro atoms. The topological polar surface area (TPSA) is 78.8 Å². The molecule has 1 aliphatic rings. The van der Waals surface area contributed by atoms with E-state index in [1.165, 1.54) is 0 Å². The summed E-state index contributed by atoms with van der Waals surface area (Å²) in [6.07, 6.45) is 0.569. The normalized spacial score (nSPS) is 25.4. The number of rotatable bonds is 5. The van der Waals surface area contributed by atoms with E-state index in [1.807, 2.05) is 6.92 Å². The van der Waals surface area contributed by atoms with Crippen LogP contribution in [0.3, 0.4) is 0 Å². The van der Waals surface area contributed by atoms with E-state index in [2.05, 4.69) is 5.32 Å². The highest BCUT2D eigenvalue weighted by Crippen LogP contribution is 2.26. The Labute approximate surface area is 118 Å². The molecule has 0 radical (unpaired) electrons. The Morgan fingerprint density at radius 3 is 2.60 bits per heavy atom. The zero-order valence-electron chi connectivity index (χ0n) is 11.6. The molecule has 110 valence electrons. The third-order valence-corrected chi connectivity index (χ3v) is 3.65. The molecular weight excluding hydrogens is 258 g/mol. The summed E-state index contributed by atoms with van der Waals surface area (Å²) in [6, 6.07) is 6.88. The monoisotopic (exact) mass is 279 g/mol. The smallest absolute Gasteiger partial charge is 0.251 e. The average molecular weight is 279 g/mol. The van der Waals surface area contributed by atoms with E-state index in [-0.39, 0.29) is 24.5 Å². The summed E-state index contributed by atoms with van der Waals surface area (Å²) in [7, 11) is 0. The molecule has 1 aromatic rings. The number of ether oxygens (including phenoxy) is 1. The van der Waals surface area contributed by atoms with Gasteiger partial charge < -0.3 is 20.3 Å². The van der Waals surface area contributed by atoms with Gasteiger partial charge in [0.25, 0.3) is 5.91 Å². The van der Waals surface area contributed by atoms with Crippen LogP contribution in [0.5, 0.6) is 5.75 Å². The van der Waals surface area contributed by atoms with Crippen LogP contribution < -0.4 is 10.1 Å². The molecule has 1 saturated carbocycles. The second-order valence-electron chi connectivity index (χ2n) is 5.11. The van der Waals surface area contributed by atoms with E-state index in [1.54, 1.807) is 24.3 Å². The number of aliphatic hydroxyl groups excluding tert-OH is 2. The number of carbonyl (C=O) groups is 1. The van der Waals surface area contributed by atoms with Crippen molar-refractivity contribution in [1.82, 2.24) is 5.32 Å². The maximum absolute atomic E-state index is 12.1. The lowest BCUT2D eigenvalue weighted by atomic mass is 10.1. The average Bonchev–Trinajstić information content (AvgIpc) is 2.80. The molecule has 0 saturated heterocycles. The molecule has 1 fully saturated rings. The molecular formula is C15H21NO4. The molecule has 0 aliphatic heterocycles. The summed E-state index contributed by atoms with van der Waals surface area (Å²) < 4.78 is 5.32. The van der Waals surface area contributed by atoms with Crippen molar-refractivity contribution in [2.75, 3.05) is 13.2 Å². The number of hydrogen-bond donors (Lipinski definition) is 3. The van der Waals surface area contributed by atoms with Crippen molar-refractivity contribution >= 4 is 5.91 Å². The molecule has 3 N–H and O–H groups in total. The third kappa shape index (κ3) is 3.49. The van der Waals surface area contributed by atoms with E-state index < -0.39 is 6.10 Å². The van der Waals surface area contributed by atoms with Gasteiger partial charge in [0.1, 0.15) is 5.75 Å². The minimum absolute atomic E-state index is 0.0450. The van der Waals surface area contributed by atoms with E-state index >= 15 is 0 Å². The standard InChI is InChI=1S/C15H21NO4/c1-2-20-13-5-3-10(4-6-13)15(19)16-12-7-11(9-17)14(18)8-12/h3-6,11-12,14,17-18H,2,7-9H2,1H3,(H,16,19)/t11-,12+,14-/m1/s1. The van der Waals surface area contributed by atoms with Crippen molar-refractivity contribution in [3.8, 4) is 5.75 Å². The van der Waals surface area contributed by atoms with Gasteiger partial charge in [0, 0.05) is 24.1 Å². The predicted molar refractivity (Wildman–Crippen MR) is 74.7 cm³/mol. The Bertz CT molecular complexity index is 446. The molecule has 0 bridgehead atoms. The van der Waals surface area contributed by atoms with Gasteiger partial charge in [0.15, 0.2) is 0 Å². The molecule has 2 rings (SSSR count). The fraction of sp³-hybridized carbons (Fsp3) is 0.533. The van der Waals surface area contributed by atoms with E-state index in [4.69, 9.17) is 9.84 Å². The van der Waals surface area contributed by atoms with Gasteiger partial charge in [-0.3, -0.25) is 4.79 Å². The number of carbonyl (C=O) groups excluding carboxylic acids is 1. The molecule has 1 aromatic carbocycles. The first-order chi connectivity index (χ1) is 9.63. The highest BCUT2D eigenvalue weighted by molar-refractivity contribution is 5.94. The fourth-order valence-corrected chi connectivity index (χ4v) is 2.55. The minimum atomic E-state index is -0.536. The first kappa shape index (κ1) is 14.8. The molecule has 5 heteroatoms. The Morgan fingerprint density at radius 2 is 2.05 bits per heavy atom. The lowest BCUT2D eigenvalue weighted by Crippen LogP contribution is -2.33. The van der Waals surface area contributed by atoms with Crippen LogP contribution in [0.4, 0.5) is 0 Å². The molecule has 5 nitrogen and oxygen atoms in total. The fourth-order valence-electron chi connectivity index (χ4n) is 2.55. The van der Waals surface area contributed by atoms with Crippen molar-refractivity contribution in [2.45, 2.75) is 31.9 Å². The Morgan fingerprint density at radius 1 is 1.35 bits per heavy atom. The van der Waals surface area contributed by atoms with Crippen LogP contribution in [0, 0.1) is 5.92 Å². The van der Waals surface area contributed by atoms with Gasteiger partial charge in [-0.25, -0.2) is 0 Å². The van der Waals surface area contributed by atoms with Gasteiger partial charge in [-0.15, -0.1) is 0 Å². The minimum Gasteiger partial charge on any atom is -0.494 e. The lowest BCUT2D eigenvalue weighted by Gasteiger charge is -2.12. The Kier molecular flexibility index (Phi) is 4.98. The van der Waals surface area contributed by atoms with E-state index in [9.17, 15) is 9.90 Å². The summed E-state index contributed by atoms with van der Waals surface area (Å²) in [5.74, 6) is 0.435. The second kappa shape index (κ2) is 6.72. The molecule has 3 atom stereocenters. The number of benzene rings is 1. The maximum atomic E-state index is 12.1. The van der Waals surface area contributed by atoms with Crippen LogP contribution in [-0.4, -0.2) is 41.5 Å². The summed E-state index contributed by atoms with van der Waals surface area (Å²) >= 11 is 0. The van der Waals surface area contributed by atoms with Crippen molar-refractivity contribution < 1.29 is 19.7 Å². The summed E-state index contributed by atoms with van der Waals surface area (Å²) in [5, 5.41) is 21.7. The predicted octanol–water partition coefficient (Wildman–Crippen LogP) is 0.947. The SMILES string of the molecule is CCOc1ccc(C(=O)N[C@H]2C[C@H](CO)[C@H](O)C2)cc1. The maximum Gasteiger partial charge on any atom is 0.251 e. The lowest BCUT2D eigenvalue weighted by molar-refractivity contribution is 0.0903. The van der Waals surface area contributed by atoms with E-state index in [0.717, 1.165) is 5.75 Å². The molecule has 0 heterocycles. The largest absolute Gasteiger partial charge is 0.494 e. The van der Waals surface area contributed by atoms with Gasteiger partial charge in [-0.2, -0.15) is 0 Å². The zero-order valence-corrected chi connectivity index (χ0v) is 11.6. The van der Waals surface area contributed by atoms with Crippen LogP contribution in [0.2, 0.25) is 0 Å². The number of amides is 1. The number of nitrogens with one attached hydrogen (secondary N) is 1. The summed E-state index contributed by atoms with van der Waals surface area (Å²) in [6.45, 7) is 2.45. The highest BCUT2D eigenvalue weighted by atomic mass is 16.5. The molecule has 0 unspecified atom stereocenters. The van der Waals surface area contributed by atoms with Gasteiger partial charge in [-0.1, -0.05) is 0 Å².